The zero-order chi connectivity index (χ0) is 20.7. The van der Waals surface area contributed by atoms with Crippen molar-refractivity contribution in [2.75, 3.05) is 19.7 Å². The molecule has 156 valence electrons. The summed E-state index contributed by atoms with van der Waals surface area (Å²) in [6.45, 7) is 2.40. The molecule has 0 radical (unpaired) electrons. The van der Waals surface area contributed by atoms with Gasteiger partial charge in [0.2, 0.25) is 0 Å². The minimum atomic E-state index is -0.905. The number of aromatic carboxylic acids is 1. The highest BCUT2D eigenvalue weighted by Gasteiger charge is 2.55. The lowest BCUT2D eigenvalue weighted by Gasteiger charge is -2.34. The highest BCUT2D eigenvalue weighted by atomic mass is 16.5. The van der Waals surface area contributed by atoms with Gasteiger partial charge in [0.1, 0.15) is 6.10 Å². The van der Waals surface area contributed by atoms with Crippen LogP contribution in [0.25, 0.3) is 11.1 Å². The van der Waals surface area contributed by atoms with E-state index in [1.807, 2.05) is 11.0 Å². The summed E-state index contributed by atoms with van der Waals surface area (Å²) >= 11 is 0. The first-order valence-corrected chi connectivity index (χ1v) is 10.9. The van der Waals surface area contributed by atoms with Gasteiger partial charge in [-0.3, -0.25) is 4.79 Å². The molecule has 1 spiro atoms. The number of hydrogen-bond donors (Lipinski definition) is 1. The fraction of sp³-hybridized carbons (Fsp3) is 0.440. The summed E-state index contributed by atoms with van der Waals surface area (Å²) in [5.74, 6) is -0.151. The number of carboxylic acids is 1. The van der Waals surface area contributed by atoms with Crippen molar-refractivity contribution < 1.29 is 19.4 Å². The maximum atomic E-state index is 12.6. The molecular weight excluding hydrogens is 378 g/mol. The van der Waals surface area contributed by atoms with Crippen LogP contribution in [0.4, 0.5) is 0 Å². The summed E-state index contributed by atoms with van der Waals surface area (Å²) in [7, 11) is 0. The first-order valence-electron chi connectivity index (χ1n) is 10.9. The second kappa shape index (κ2) is 7.55. The fourth-order valence-corrected chi connectivity index (χ4v) is 5.26. The van der Waals surface area contributed by atoms with Crippen molar-refractivity contribution in [2.45, 2.75) is 44.1 Å². The van der Waals surface area contributed by atoms with Gasteiger partial charge >= 0.3 is 5.97 Å². The number of carbonyl (C=O) groups is 2. The van der Waals surface area contributed by atoms with Gasteiger partial charge in [-0.2, -0.15) is 0 Å². The van der Waals surface area contributed by atoms with E-state index in [0.29, 0.717) is 23.5 Å². The largest absolute Gasteiger partial charge is 0.478 e. The van der Waals surface area contributed by atoms with Crippen molar-refractivity contribution in [3.8, 4) is 11.1 Å². The normalized spacial score (nSPS) is 24.7. The lowest BCUT2D eigenvalue weighted by molar-refractivity contribution is -0.142. The maximum Gasteiger partial charge on any atom is 0.335 e. The number of ether oxygens (including phenoxy) is 1. The summed E-state index contributed by atoms with van der Waals surface area (Å²) < 4.78 is 5.57. The zero-order valence-corrected chi connectivity index (χ0v) is 17.0. The van der Waals surface area contributed by atoms with Crippen LogP contribution in [-0.4, -0.2) is 47.7 Å². The van der Waals surface area contributed by atoms with Gasteiger partial charge in [0, 0.05) is 19.7 Å². The first-order chi connectivity index (χ1) is 14.6. The minimum absolute atomic E-state index is 0.187. The monoisotopic (exact) mass is 405 g/mol. The van der Waals surface area contributed by atoms with Crippen LogP contribution in [0.2, 0.25) is 0 Å². The Bertz CT molecular complexity index is 953. The van der Waals surface area contributed by atoms with Crippen LogP contribution in [-0.2, 0) is 9.53 Å². The highest BCUT2D eigenvalue weighted by Crippen LogP contribution is 2.65. The zero-order valence-electron chi connectivity index (χ0n) is 17.0. The van der Waals surface area contributed by atoms with E-state index >= 15 is 0 Å². The molecule has 5 rings (SSSR count). The summed E-state index contributed by atoms with van der Waals surface area (Å²) in [6, 6.07) is 15.6. The Morgan fingerprint density at radius 1 is 1.03 bits per heavy atom. The Kier molecular flexibility index (Phi) is 4.86. The molecule has 0 bridgehead atoms. The molecule has 2 heterocycles. The minimum Gasteiger partial charge on any atom is -0.478 e. The van der Waals surface area contributed by atoms with Crippen LogP contribution < -0.4 is 0 Å². The van der Waals surface area contributed by atoms with Crippen LogP contribution in [0.3, 0.4) is 0 Å². The third-order valence-electron chi connectivity index (χ3n) is 7.22. The predicted molar refractivity (Wildman–Crippen MR) is 113 cm³/mol. The molecule has 2 aliphatic heterocycles. The van der Waals surface area contributed by atoms with Gasteiger partial charge in [-0.25, -0.2) is 4.79 Å². The van der Waals surface area contributed by atoms with Gasteiger partial charge in [0.15, 0.2) is 0 Å². The molecule has 1 amide bonds. The molecule has 2 saturated heterocycles. The van der Waals surface area contributed by atoms with Crippen molar-refractivity contribution in [2.24, 2.45) is 5.41 Å². The number of hydrogen-bond acceptors (Lipinski definition) is 3. The Morgan fingerprint density at radius 2 is 1.80 bits per heavy atom. The standard InChI is InChI=1S/C25H27NO4/c27-23(22-5-2-14-30-22)26-12-10-25(11-13-26)16-21(25)18-8-6-17(7-9-18)19-3-1-4-20(15-19)24(28)29/h1,3-4,6-9,15,21-22H,2,5,10-14,16H2,(H,28,29)/t21-,22+/m0/s1. The molecule has 5 nitrogen and oxygen atoms in total. The quantitative estimate of drug-likeness (QED) is 0.822. The van der Waals surface area contributed by atoms with Gasteiger partial charge < -0.3 is 14.7 Å². The van der Waals surface area contributed by atoms with Crippen LogP contribution in [0.1, 0.15) is 53.9 Å². The summed E-state index contributed by atoms with van der Waals surface area (Å²) in [5, 5.41) is 9.21. The number of amides is 1. The van der Waals surface area contributed by atoms with E-state index in [1.165, 1.54) is 12.0 Å². The van der Waals surface area contributed by atoms with Crippen molar-refractivity contribution in [1.29, 1.82) is 0 Å². The average molecular weight is 405 g/mol. The van der Waals surface area contributed by atoms with Gasteiger partial charge in [-0.05, 0) is 72.3 Å². The van der Waals surface area contributed by atoms with Crippen molar-refractivity contribution in [3.05, 3.63) is 59.7 Å². The highest BCUT2D eigenvalue weighted by molar-refractivity contribution is 5.89. The van der Waals surface area contributed by atoms with Crippen LogP contribution in [0.15, 0.2) is 48.5 Å². The molecule has 1 N–H and O–H groups in total. The van der Waals surface area contributed by atoms with Crippen LogP contribution in [0.5, 0.6) is 0 Å². The van der Waals surface area contributed by atoms with E-state index in [-0.39, 0.29) is 12.0 Å². The Balaban J connectivity index is 1.22. The number of benzene rings is 2. The summed E-state index contributed by atoms with van der Waals surface area (Å²) in [4.78, 5) is 25.8. The topological polar surface area (TPSA) is 66.8 Å². The third-order valence-corrected chi connectivity index (χ3v) is 7.22. The molecule has 0 unspecified atom stereocenters. The Labute approximate surface area is 176 Å². The molecule has 0 aromatic heterocycles. The molecule has 5 heteroatoms. The molecule has 2 aromatic carbocycles. The molecule has 2 atom stereocenters. The molecule has 2 aromatic rings. The number of rotatable bonds is 4. The fourth-order valence-electron chi connectivity index (χ4n) is 5.26. The second-order valence-corrected chi connectivity index (χ2v) is 8.95. The van der Waals surface area contributed by atoms with Crippen LogP contribution in [0, 0.1) is 5.41 Å². The van der Waals surface area contributed by atoms with Gasteiger partial charge in [0.25, 0.3) is 5.91 Å². The van der Waals surface area contributed by atoms with Gasteiger partial charge in [0.05, 0.1) is 5.56 Å². The van der Waals surface area contributed by atoms with E-state index in [0.717, 1.165) is 49.9 Å². The third kappa shape index (κ3) is 3.52. The van der Waals surface area contributed by atoms with Gasteiger partial charge in [-0.15, -0.1) is 0 Å². The number of carbonyl (C=O) groups excluding carboxylic acids is 1. The van der Waals surface area contributed by atoms with E-state index in [1.54, 1.807) is 18.2 Å². The number of carboxylic acid groups (broad SMARTS) is 1. The molecule has 1 aliphatic carbocycles. The van der Waals surface area contributed by atoms with E-state index in [4.69, 9.17) is 4.74 Å². The molecule has 30 heavy (non-hydrogen) atoms. The maximum absolute atomic E-state index is 12.6. The molecule has 1 saturated carbocycles. The van der Waals surface area contributed by atoms with Crippen molar-refractivity contribution in [3.63, 3.8) is 0 Å². The molecular formula is C25H27NO4. The lowest BCUT2D eigenvalue weighted by Crippen LogP contribution is -2.44. The van der Waals surface area contributed by atoms with Gasteiger partial charge in [-0.1, -0.05) is 36.4 Å². The SMILES string of the molecule is O=C(O)c1cccc(-c2ccc([C@@H]3CC34CCN(C(=O)[C@H]3CCCO3)CC4)cc2)c1. The molecule has 3 aliphatic rings. The number of piperidine rings is 1. The van der Waals surface area contributed by atoms with E-state index in [2.05, 4.69) is 24.3 Å². The Hall–Kier alpha value is -2.66. The number of nitrogens with zero attached hydrogens (tertiary/aromatic N) is 1. The van der Waals surface area contributed by atoms with Crippen LogP contribution >= 0.6 is 0 Å². The smallest absolute Gasteiger partial charge is 0.335 e. The summed E-state index contributed by atoms with van der Waals surface area (Å²) in [6.07, 6.45) is 4.98. The predicted octanol–water partition coefficient (Wildman–Crippen LogP) is 4.33. The Morgan fingerprint density at radius 3 is 2.47 bits per heavy atom. The molecule has 3 fully saturated rings. The van der Waals surface area contributed by atoms with Crippen molar-refractivity contribution in [1.82, 2.24) is 4.90 Å². The average Bonchev–Trinajstić information content (AvgIpc) is 3.20. The lowest BCUT2D eigenvalue weighted by atomic mass is 9.88. The number of likely N-dealkylation sites (tertiary alicyclic amines) is 1. The second-order valence-electron chi connectivity index (χ2n) is 8.95. The summed E-state index contributed by atoms with van der Waals surface area (Å²) in [5.41, 5.74) is 3.97. The first kappa shape index (κ1) is 19.3. The van der Waals surface area contributed by atoms with Crippen molar-refractivity contribution >= 4 is 11.9 Å². The van der Waals surface area contributed by atoms with E-state index < -0.39 is 5.97 Å². The van der Waals surface area contributed by atoms with E-state index in [9.17, 15) is 14.7 Å².